The number of carbonyl (C=O) groups is 1. The Hall–Kier alpha value is -2.41. The van der Waals surface area contributed by atoms with Gasteiger partial charge in [0.2, 0.25) is 0 Å². The van der Waals surface area contributed by atoms with Crippen molar-refractivity contribution in [3.8, 4) is 11.5 Å². The summed E-state index contributed by atoms with van der Waals surface area (Å²) in [6, 6.07) is 10.6. The number of ether oxygens (including phenoxy) is 2. The number of nitrogens with one attached hydrogen (secondary N) is 1. The zero-order valence-electron chi connectivity index (χ0n) is 11.8. The van der Waals surface area contributed by atoms with Crippen molar-refractivity contribution >= 4 is 28.1 Å². The Morgan fingerprint density at radius 3 is 2.95 bits per heavy atom. The second-order valence-electron chi connectivity index (χ2n) is 4.13. The largest absolute Gasteiger partial charge is 0.497 e. The third-order valence-corrected chi connectivity index (χ3v) is 3.19. The van der Waals surface area contributed by atoms with Crippen molar-refractivity contribution in [2.24, 2.45) is 5.10 Å². The number of halogens is 1. The molecule has 114 valence electrons. The molecule has 0 saturated heterocycles. The van der Waals surface area contributed by atoms with Crippen LogP contribution in [0.15, 0.2) is 52.2 Å². The lowest BCUT2D eigenvalue weighted by Crippen LogP contribution is -2.24. The fraction of sp³-hybridized carbons (Fsp3) is 0.133. The van der Waals surface area contributed by atoms with Gasteiger partial charge in [-0.1, -0.05) is 6.07 Å². The molecule has 2 rings (SSSR count). The Morgan fingerprint density at radius 1 is 1.41 bits per heavy atom. The van der Waals surface area contributed by atoms with Crippen molar-refractivity contribution in [2.45, 2.75) is 0 Å². The van der Waals surface area contributed by atoms with Gasteiger partial charge in [-0.2, -0.15) is 5.10 Å². The van der Waals surface area contributed by atoms with Gasteiger partial charge in [-0.15, -0.1) is 0 Å². The molecule has 1 aromatic carbocycles. The number of aromatic nitrogens is 1. The van der Waals surface area contributed by atoms with E-state index in [-0.39, 0.29) is 12.5 Å². The summed E-state index contributed by atoms with van der Waals surface area (Å²) in [5.74, 6) is 0.878. The standard InChI is InChI=1S/C15H14BrN3O3/c1-21-12-5-6-14(13(16)8-12)22-10-15(20)19-18-9-11-4-2-3-7-17-11/h2-9H,10H2,1H3,(H,19,20)/b18-9+. The highest BCUT2D eigenvalue weighted by atomic mass is 79.9. The van der Waals surface area contributed by atoms with E-state index in [1.807, 2.05) is 6.07 Å². The van der Waals surface area contributed by atoms with Crippen molar-refractivity contribution < 1.29 is 14.3 Å². The number of methoxy groups -OCH3 is 1. The Balaban J connectivity index is 1.82. The number of amides is 1. The number of rotatable bonds is 6. The molecule has 1 amide bonds. The zero-order valence-corrected chi connectivity index (χ0v) is 13.4. The molecule has 1 heterocycles. The normalized spacial score (nSPS) is 10.5. The van der Waals surface area contributed by atoms with Crippen LogP contribution >= 0.6 is 15.9 Å². The van der Waals surface area contributed by atoms with Gasteiger partial charge in [0.15, 0.2) is 6.61 Å². The molecule has 7 heteroatoms. The SMILES string of the molecule is COc1ccc(OCC(=O)N/N=C/c2ccccn2)c(Br)c1. The summed E-state index contributed by atoms with van der Waals surface area (Å²) in [5.41, 5.74) is 3.02. The van der Waals surface area contributed by atoms with Crippen LogP contribution in [0.2, 0.25) is 0 Å². The molecule has 0 saturated carbocycles. The van der Waals surface area contributed by atoms with Crippen molar-refractivity contribution in [1.29, 1.82) is 0 Å². The average Bonchev–Trinajstić information content (AvgIpc) is 2.54. The van der Waals surface area contributed by atoms with Crippen molar-refractivity contribution in [3.05, 3.63) is 52.8 Å². The van der Waals surface area contributed by atoms with Gasteiger partial charge in [0.25, 0.3) is 5.91 Å². The number of hydrogen-bond acceptors (Lipinski definition) is 5. The highest BCUT2D eigenvalue weighted by Crippen LogP contribution is 2.28. The Bertz CT molecular complexity index is 662. The van der Waals surface area contributed by atoms with Crippen LogP contribution < -0.4 is 14.9 Å². The summed E-state index contributed by atoms with van der Waals surface area (Å²) in [6.07, 6.45) is 3.11. The maximum atomic E-state index is 11.6. The van der Waals surface area contributed by atoms with Crippen molar-refractivity contribution in [3.63, 3.8) is 0 Å². The van der Waals surface area contributed by atoms with Crippen LogP contribution in [0.5, 0.6) is 11.5 Å². The van der Waals surface area contributed by atoms with E-state index in [0.29, 0.717) is 21.7 Å². The third-order valence-electron chi connectivity index (χ3n) is 2.57. The zero-order chi connectivity index (χ0) is 15.8. The maximum Gasteiger partial charge on any atom is 0.277 e. The number of nitrogens with zero attached hydrogens (tertiary/aromatic N) is 2. The minimum absolute atomic E-state index is 0.148. The minimum Gasteiger partial charge on any atom is -0.497 e. The van der Waals surface area contributed by atoms with Crippen LogP contribution in [0.4, 0.5) is 0 Å². The molecular weight excluding hydrogens is 350 g/mol. The van der Waals surface area contributed by atoms with Gasteiger partial charge in [0.1, 0.15) is 11.5 Å². The summed E-state index contributed by atoms with van der Waals surface area (Å²) in [5, 5.41) is 3.80. The van der Waals surface area contributed by atoms with E-state index in [0.717, 1.165) is 0 Å². The van der Waals surface area contributed by atoms with Crippen molar-refractivity contribution in [1.82, 2.24) is 10.4 Å². The molecule has 0 aliphatic heterocycles. The highest BCUT2D eigenvalue weighted by molar-refractivity contribution is 9.10. The van der Waals surface area contributed by atoms with Gasteiger partial charge >= 0.3 is 0 Å². The molecule has 1 N–H and O–H groups in total. The molecule has 0 aliphatic carbocycles. The molecule has 22 heavy (non-hydrogen) atoms. The maximum absolute atomic E-state index is 11.6. The van der Waals surface area contributed by atoms with Gasteiger partial charge in [-0.25, -0.2) is 5.43 Å². The van der Waals surface area contributed by atoms with E-state index in [4.69, 9.17) is 9.47 Å². The molecule has 2 aromatic rings. The van der Waals surface area contributed by atoms with E-state index in [2.05, 4.69) is 31.4 Å². The lowest BCUT2D eigenvalue weighted by atomic mass is 10.3. The molecular formula is C15H14BrN3O3. The van der Waals surface area contributed by atoms with Crippen LogP contribution in [-0.2, 0) is 4.79 Å². The Morgan fingerprint density at radius 2 is 2.27 bits per heavy atom. The monoisotopic (exact) mass is 363 g/mol. The first kappa shape index (κ1) is 16.0. The molecule has 0 aliphatic rings. The highest BCUT2D eigenvalue weighted by Gasteiger charge is 2.06. The van der Waals surface area contributed by atoms with E-state index < -0.39 is 0 Å². The number of hydrogen-bond donors (Lipinski definition) is 1. The summed E-state index contributed by atoms with van der Waals surface area (Å²) in [6.45, 7) is -0.148. The number of benzene rings is 1. The lowest BCUT2D eigenvalue weighted by Gasteiger charge is -2.08. The van der Waals surface area contributed by atoms with Crippen LogP contribution in [0.3, 0.4) is 0 Å². The van der Waals surface area contributed by atoms with E-state index in [1.165, 1.54) is 6.21 Å². The van der Waals surface area contributed by atoms with Crippen LogP contribution in [0, 0.1) is 0 Å². The fourth-order valence-corrected chi connectivity index (χ4v) is 2.00. The fourth-order valence-electron chi connectivity index (χ4n) is 1.52. The third kappa shape index (κ3) is 4.85. The number of hydrazone groups is 1. The summed E-state index contributed by atoms with van der Waals surface area (Å²) in [4.78, 5) is 15.7. The average molecular weight is 364 g/mol. The van der Waals surface area contributed by atoms with Gasteiger partial charge in [-0.05, 0) is 46.3 Å². The van der Waals surface area contributed by atoms with E-state index >= 15 is 0 Å². The first-order valence-corrected chi connectivity index (χ1v) is 7.17. The molecule has 1 aromatic heterocycles. The number of carbonyl (C=O) groups excluding carboxylic acids is 1. The lowest BCUT2D eigenvalue weighted by molar-refractivity contribution is -0.123. The van der Waals surface area contributed by atoms with Gasteiger partial charge in [-0.3, -0.25) is 9.78 Å². The van der Waals surface area contributed by atoms with Crippen molar-refractivity contribution in [2.75, 3.05) is 13.7 Å². The smallest absolute Gasteiger partial charge is 0.277 e. The van der Waals surface area contributed by atoms with E-state index in [9.17, 15) is 4.79 Å². The Kier molecular flexibility index (Phi) is 5.91. The first-order valence-electron chi connectivity index (χ1n) is 6.38. The van der Waals surface area contributed by atoms with Gasteiger partial charge in [0.05, 0.1) is 23.5 Å². The second kappa shape index (κ2) is 8.14. The molecule has 0 radical (unpaired) electrons. The summed E-state index contributed by atoms with van der Waals surface area (Å²) in [7, 11) is 1.58. The molecule has 0 unspecified atom stereocenters. The first-order chi connectivity index (χ1) is 10.7. The van der Waals surface area contributed by atoms with E-state index in [1.54, 1.807) is 43.6 Å². The molecule has 6 nitrogen and oxygen atoms in total. The molecule has 0 atom stereocenters. The Labute approximate surface area is 136 Å². The predicted molar refractivity (Wildman–Crippen MR) is 86.2 cm³/mol. The number of pyridine rings is 1. The predicted octanol–water partition coefficient (Wildman–Crippen LogP) is 2.38. The molecule has 0 bridgehead atoms. The van der Waals surface area contributed by atoms with Gasteiger partial charge < -0.3 is 9.47 Å². The summed E-state index contributed by atoms with van der Waals surface area (Å²) >= 11 is 3.35. The quantitative estimate of drug-likeness (QED) is 0.631. The second-order valence-corrected chi connectivity index (χ2v) is 4.99. The van der Waals surface area contributed by atoms with Crippen LogP contribution in [0.1, 0.15) is 5.69 Å². The molecule has 0 spiro atoms. The summed E-state index contributed by atoms with van der Waals surface area (Å²) < 4.78 is 11.2. The van der Waals surface area contributed by atoms with Gasteiger partial charge in [0, 0.05) is 6.20 Å². The van der Waals surface area contributed by atoms with Crippen LogP contribution in [-0.4, -0.2) is 30.8 Å². The molecule has 0 fully saturated rings. The minimum atomic E-state index is -0.366. The van der Waals surface area contributed by atoms with Crippen LogP contribution in [0.25, 0.3) is 0 Å². The topological polar surface area (TPSA) is 72.8 Å².